The van der Waals surface area contributed by atoms with Crippen LogP contribution in [-0.4, -0.2) is 65.0 Å². The predicted octanol–water partition coefficient (Wildman–Crippen LogP) is -0.360. The first-order valence-corrected chi connectivity index (χ1v) is 9.26. The van der Waals surface area contributed by atoms with Crippen LogP contribution in [0.2, 0.25) is 0 Å². The molecule has 9 nitrogen and oxygen atoms in total. The molecule has 2 aromatic rings. The molecule has 1 fully saturated rings. The molecule has 132 valence electrons. The SMILES string of the molecule is Cn1cnnc1S(=O)(=O)C1CN(C(=O)[C@@H]2COc3ccccc3O2)C1. The van der Waals surface area contributed by atoms with Crippen LogP contribution < -0.4 is 9.47 Å². The molecule has 0 unspecified atom stereocenters. The third-order valence-electron chi connectivity index (χ3n) is 4.31. The van der Waals surface area contributed by atoms with E-state index in [1.54, 1.807) is 25.2 Å². The number of nitrogens with zero attached hydrogens (tertiary/aromatic N) is 4. The van der Waals surface area contributed by atoms with Crippen molar-refractivity contribution in [3.05, 3.63) is 30.6 Å². The second-order valence-electron chi connectivity index (χ2n) is 6.00. The number of ether oxygens (including phenoxy) is 2. The molecule has 10 heteroatoms. The summed E-state index contributed by atoms with van der Waals surface area (Å²) in [6.45, 7) is 0.318. The van der Waals surface area contributed by atoms with E-state index in [0.29, 0.717) is 11.5 Å². The quantitative estimate of drug-likeness (QED) is 0.732. The van der Waals surface area contributed by atoms with Gasteiger partial charge in [0.15, 0.2) is 11.5 Å². The lowest BCUT2D eigenvalue weighted by molar-refractivity contribution is -0.144. The molecule has 25 heavy (non-hydrogen) atoms. The zero-order chi connectivity index (χ0) is 17.6. The number of fused-ring (bicyclic) bond motifs is 1. The van der Waals surface area contributed by atoms with Gasteiger partial charge in [-0.3, -0.25) is 4.79 Å². The number of para-hydroxylation sites is 2. The minimum absolute atomic E-state index is 0.0872. The van der Waals surface area contributed by atoms with Crippen LogP contribution in [0.1, 0.15) is 0 Å². The number of rotatable bonds is 3. The van der Waals surface area contributed by atoms with Crippen molar-refractivity contribution < 1.29 is 22.7 Å². The molecule has 1 saturated heterocycles. The first-order chi connectivity index (χ1) is 12.0. The van der Waals surface area contributed by atoms with E-state index < -0.39 is 21.2 Å². The van der Waals surface area contributed by atoms with Gasteiger partial charge < -0.3 is 18.9 Å². The standard InChI is InChI=1S/C15H16N4O5S/c1-18-9-16-17-15(18)25(21,22)10-6-19(7-10)14(20)13-8-23-11-4-2-3-5-12(11)24-13/h2-5,9-10,13H,6-8H2,1H3/t13-/m0/s1. The Morgan fingerprint density at radius 1 is 1.24 bits per heavy atom. The summed E-state index contributed by atoms with van der Waals surface area (Å²) in [5, 5.41) is 6.48. The van der Waals surface area contributed by atoms with Crippen LogP contribution in [0.25, 0.3) is 0 Å². The summed E-state index contributed by atoms with van der Waals surface area (Å²) in [5.74, 6) is 0.827. The van der Waals surface area contributed by atoms with Crippen LogP contribution in [0.15, 0.2) is 35.7 Å². The zero-order valence-electron chi connectivity index (χ0n) is 13.4. The van der Waals surface area contributed by atoms with Crippen LogP contribution in [0.3, 0.4) is 0 Å². The van der Waals surface area contributed by atoms with Gasteiger partial charge in [-0.2, -0.15) is 0 Å². The molecule has 0 saturated carbocycles. The first kappa shape index (κ1) is 15.9. The molecule has 1 amide bonds. The fraction of sp³-hybridized carbons (Fsp3) is 0.400. The molecule has 4 rings (SSSR count). The molecule has 2 aliphatic heterocycles. The Morgan fingerprint density at radius 2 is 1.96 bits per heavy atom. The van der Waals surface area contributed by atoms with E-state index in [9.17, 15) is 13.2 Å². The Bertz CT molecular complexity index is 920. The minimum Gasteiger partial charge on any atom is -0.485 e. The number of sulfone groups is 1. The molecular formula is C15H16N4O5S. The maximum absolute atomic E-state index is 12.5. The van der Waals surface area contributed by atoms with E-state index in [1.165, 1.54) is 15.8 Å². The molecule has 0 N–H and O–H groups in total. The monoisotopic (exact) mass is 364 g/mol. The third kappa shape index (κ3) is 2.62. The van der Waals surface area contributed by atoms with Crippen LogP contribution in [-0.2, 0) is 21.7 Å². The Hall–Kier alpha value is -2.62. The maximum atomic E-state index is 12.5. The van der Waals surface area contributed by atoms with Crippen molar-refractivity contribution in [2.24, 2.45) is 7.05 Å². The highest BCUT2D eigenvalue weighted by Gasteiger charge is 2.45. The van der Waals surface area contributed by atoms with Crippen molar-refractivity contribution in [1.29, 1.82) is 0 Å². The fourth-order valence-corrected chi connectivity index (χ4v) is 4.50. The van der Waals surface area contributed by atoms with Crippen LogP contribution in [0.4, 0.5) is 0 Å². The fourth-order valence-electron chi connectivity index (χ4n) is 2.84. The van der Waals surface area contributed by atoms with Crippen molar-refractivity contribution in [2.45, 2.75) is 16.5 Å². The molecule has 3 heterocycles. The normalized spacial score (nSPS) is 20.2. The van der Waals surface area contributed by atoms with Gasteiger partial charge in [0, 0.05) is 20.1 Å². The Morgan fingerprint density at radius 3 is 2.64 bits per heavy atom. The number of benzene rings is 1. The molecule has 0 radical (unpaired) electrons. The minimum atomic E-state index is -3.61. The summed E-state index contributed by atoms with van der Waals surface area (Å²) in [6.07, 6.45) is 0.562. The third-order valence-corrected chi connectivity index (χ3v) is 6.36. The first-order valence-electron chi connectivity index (χ1n) is 7.72. The Balaban J connectivity index is 1.41. The van der Waals surface area contributed by atoms with Crippen molar-refractivity contribution in [2.75, 3.05) is 19.7 Å². The van der Waals surface area contributed by atoms with E-state index in [-0.39, 0.29) is 30.8 Å². The number of hydrogen-bond donors (Lipinski definition) is 0. The average Bonchev–Trinajstić information content (AvgIpc) is 2.99. The molecule has 1 aromatic carbocycles. The maximum Gasteiger partial charge on any atom is 0.267 e. The second kappa shape index (κ2) is 5.73. The lowest BCUT2D eigenvalue weighted by Gasteiger charge is -2.40. The summed E-state index contributed by atoms with van der Waals surface area (Å²) >= 11 is 0. The van der Waals surface area contributed by atoms with E-state index in [1.807, 2.05) is 6.07 Å². The van der Waals surface area contributed by atoms with Crippen molar-refractivity contribution in [1.82, 2.24) is 19.7 Å². The number of carbonyl (C=O) groups excluding carboxylic acids is 1. The van der Waals surface area contributed by atoms with E-state index >= 15 is 0 Å². The van der Waals surface area contributed by atoms with E-state index in [0.717, 1.165) is 0 Å². The van der Waals surface area contributed by atoms with Crippen molar-refractivity contribution in [3.63, 3.8) is 0 Å². The number of carbonyl (C=O) groups is 1. The Labute approximate surface area is 144 Å². The molecule has 1 atom stereocenters. The summed E-state index contributed by atoms with van der Waals surface area (Å²) in [7, 11) is -2.04. The molecule has 0 spiro atoms. The number of aromatic nitrogens is 3. The largest absolute Gasteiger partial charge is 0.485 e. The highest BCUT2D eigenvalue weighted by Crippen LogP contribution is 2.32. The van der Waals surface area contributed by atoms with Crippen molar-refractivity contribution >= 4 is 15.7 Å². The van der Waals surface area contributed by atoms with E-state index in [4.69, 9.17) is 9.47 Å². The molecule has 1 aromatic heterocycles. The number of likely N-dealkylation sites (tertiary alicyclic amines) is 1. The predicted molar refractivity (Wildman–Crippen MR) is 84.9 cm³/mol. The van der Waals surface area contributed by atoms with Crippen molar-refractivity contribution in [3.8, 4) is 11.5 Å². The van der Waals surface area contributed by atoms with Gasteiger partial charge in [-0.1, -0.05) is 12.1 Å². The van der Waals surface area contributed by atoms with E-state index in [2.05, 4.69) is 10.2 Å². The van der Waals surface area contributed by atoms with Gasteiger partial charge in [0.1, 0.15) is 18.2 Å². The van der Waals surface area contributed by atoms with Gasteiger partial charge in [-0.05, 0) is 12.1 Å². The molecule has 0 aliphatic carbocycles. The highest BCUT2D eigenvalue weighted by atomic mass is 32.2. The second-order valence-corrected chi connectivity index (χ2v) is 8.12. The van der Waals surface area contributed by atoms with Gasteiger partial charge in [-0.15, -0.1) is 10.2 Å². The lowest BCUT2D eigenvalue weighted by atomic mass is 10.1. The summed E-state index contributed by atoms with van der Waals surface area (Å²) < 4.78 is 37.5. The molecular weight excluding hydrogens is 348 g/mol. The Kier molecular flexibility index (Phi) is 3.64. The highest BCUT2D eigenvalue weighted by molar-refractivity contribution is 7.92. The zero-order valence-corrected chi connectivity index (χ0v) is 14.2. The van der Waals surface area contributed by atoms with Gasteiger partial charge in [-0.25, -0.2) is 8.42 Å². The van der Waals surface area contributed by atoms with Gasteiger partial charge in [0.05, 0.1) is 0 Å². The lowest BCUT2D eigenvalue weighted by Crippen LogP contribution is -2.61. The van der Waals surface area contributed by atoms with Crippen LogP contribution in [0.5, 0.6) is 11.5 Å². The van der Waals surface area contributed by atoms with Crippen LogP contribution in [0, 0.1) is 0 Å². The molecule has 2 aliphatic rings. The van der Waals surface area contributed by atoms with Gasteiger partial charge in [0.2, 0.25) is 21.1 Å². The summed E-state index contributed by atoms with van der Waals surface area (Å²) in [6, 6.07) is 7.11. The van der Waals surface area contributed by atoms with Crippen LogP contribution >= 0.6 is 0 Å². The number of hydrogen-bond acceptors (Lipinski definition) is 7. The van der Waals surface area contributed by atoms with Gasteiger partial charge >= 0.3 is 0 Å². The average molecular weight is 364 g/mol. The summed E-state index contributed by atoms with van der Waals surface area (Å²) in [5.41, 5.74) is 0. The number of amides is 1. The smallest absolute Gasteiger partial charge is 0.267 e. The summed E-state index contributed by atoms with van der Waals surface area (Å²) in [4.78, 5) is 14.0. The molecule has 0 bridgehead atoms. The topological polar surface area (TPSA) is 104 Å². The van der Waals surface area contributed by atoms with Gasteiger partial charge in [0.25, 0.3) is 5.91 Å². The number of aryl methyl sites for hydroxylation is 1.